The molecule has 0 aliphatic heterocycles. The molecule has 0 aliphatic rings. The second-order valence-corrected chi connectivity index (χ2v) is 5.51. The van der Waals surface area contributed by atoms with E-state index in [1.54, 1.807) is 48.5 Å². The maximum Gasteiger partial charge on any atom is 0.328 e. The number of carbonyl (C=O) groups is 2. The number of nitrogens with one attached hydrogen (secondary N) is 1. The Morgan fingerprint density at radius 2 is 1.96 bits per heavy atom. The lowest BCUT2D eigenvalue weighted by Gasteiger charge is -2.17. The molecule has 0 radical (unpaired) electrons. The van der Waals surface area contributed by atoms with E-state index in [9.17, 15) is 9.59 Å². The first kappa shape index (κ1) is 17.5. The minimum absolute atomic E-state index is 0.224. The Kier molecular flexibility index (Phi) is 5.94. The zero-order valence-corrected chi connectivity index (χ0v) is 13.7. The maximum absolute atomic E-state index is 12.3. The third-order valence-electron chi connectivity index (χ3n) is 3.39. The summed E-state index contributed by atoms with van der Waals surface area (Å²) in [6.45, 7) is 0. The fourth-order valence-electron chi connectivity index (χ4n) is 2.18. The van der Waals surface area contributed by atoms with E-state index >= 15 is 0 Å². The molecule has 2 aromatic carbocycles. The lowest BCUT2D eigenvalue weighted by molar-refractivity contribution is -0.142. The zero-order chi connectivity index (χ0) is 17.5. The Hall–Kier alpha value is -2.84. The van der Waals surface area contributed by atoms with Gasteiger partial charge in [0.05, 0.1) is 18.7 Å². The highest BCUT2D eigenvalue weighted by Crippen LogP contribution is 2.11. The molecule has 0 unspecified atom stereocenters. The Morgan fingerprint density at radius 1 is 1.25 bits per heavy atom. The summed E-state index contributed by atoms with van der Waals surface area (Å²) < 4.78 is 4.76. The number of amides is 1. The first-order valence-electron chi connectivity index (χ1n) is 7.17. The summed E-state index contributed by atoms with van der Waals surface area (Å²) in [6.07, 6.45) is 0.224. The summed E-state index contributed by atoms with van der Waals surface area (Å²) in [5.74, 6) is -0.960. The molecule has 0 heterocycles. The number of carbonyl (C=O) groups excluding carboxylic acids is 2. The van der Waals surface area contributed by atoms with Crippen molar-refractivity contribution in [3.63, 3.8) is 0 Å². The summed E-state index contributed by atoms with van der Waals surface area (Å²) in [4.78, 5) is 24.3. The highest BCUT2D eigenvalue weighted by Gasteiger charge is 2.22. The molecule has 1 atom stereocenters. The first-order chi connectivity index (χ1) is 11.5. The third kappa shape index (κ3) is 4.58. The standard InChI is InChI=1S/C18H15ClN2O3/c1-24-18(23)16(10-12-3-2-4-13(9-12)11-20)21-17(22)14-5-7-15(19)8-6-14/h2-9,16H,10H2,1H3,(H,21,22)/t16-/m0/s1. The van der Waals surface area contributed by atoms with Crippen LogP contribution < -0.4 is 5.32 Å². The van der Waals surface area contributed by atoms with Gasteiger partial charge in [-0.05, 0) is 42.0 Å². The van der Waals surface area contributed by atoms with Crippen LogP contribution in [0.1, 0.15) is 21.5 Å². The van der Waals surface area contributed by atoms with Gasteiger partial charge in [0.25, 0.3) is 5.91 Å². The van der Waals surface area contributed by atoms with Crippen molar-refractivity contribution in [2.75, 3.05) is 7.11 Å². The van der Waals surface area contributed by atoms with Crippen LogP contribution in [0, 0.1) is 11.3 Å². The Bertz CT molecular complexity index is 782. The number of benzene rings is 2. The van der Waals surface area contributed by atoms with Crippen LogP contribution in [0.4, 0.5) is 0 Å². The lowest BCUT2D eigenvalue weighted by Crippen LogP contribution is -2.43. The highest BCUT2D eigenvalue weighted by atomic mass is 35.5. The van der Waals surface area contributed by atoms with E-state index in [1.165, 1.54) is 7.11 Å². The average Bonchev–Trinajstić information content (AvgIpc) is 2.61. The molecule has 24 heavy (non-hydrogen) atoms. The van der Waals surface area contributed by atoms with Gasteiger partial charge in [-0.15, -0.1) is 0 Å². The van der Waals surface area contributed by atoms with Gasteiger partial charge < -0.3 is 10.1 Å². The summed E-state index contributed by atoms with van der Waals surface area (Å²) >= 11 is 5.80. The summed E-state index contributed by atoms with van der Waals surface area (Å²) in [5.41, 5.74) is 1.63. The van der Waals surface area contributed by atoms with Crippen molar-refractivity contribution in [2.45, 2.75) is 12.5 Å². The average molecular weight is 343 g/mol. The van der Waals surface area contributed by atoms with Gasteiger partial charge in [-0.25, -0.2) is 4.79 Å². The fourth-order valence-corrected chi connectivity index (χ4v) is 2.31. The molecule has 6 heteroatoms. The van der Waals surface area contributed by atoms with Crippen molar-refractivity contribution >= 4 is 23.5 Å². The summed E-state index contributed by atoms with van der Waals surface area (Å²) in [7, 11) is 1.26. The van der Waals surface area contributed by atoms with Crippen LogP contribution in [0.2, 0.25) is 5.02 Å². The fraction of sp³-hybridized carbons (Fsp3) is 0.167. The van der Waals surface area contributed by atoms with Gasteiger partial charge in [-0.1, -0.05) is 23.7 Å². The molecule has 2 rings (SSSR count). The normalized spacial score (nSPS) is 11.2. The van der Waals surface area contributed by atoms with Gasteiger partial charge in [0, 0.05) is 17.0 Å². The van der Waals surface area contributed by atoms with E-state index in [2.05, 4.69) is 5.32 Å². The molecular formula is C18H15ClN2O3. The van der Waals surface area contributed by atoms with E-state index in [4.69, 9.17) is 21.6 Å². The van der Waals surface area contributed by atoms with Crippen LogP contribution in [-0.4, -0.2) is 25.0 Å². The number of nitriles is 1. The van der Waals surface area contributed by atoms with Crippen molar-refractivity contribution < 1.29 is 14.3 Å². The van der Waals surface area contributed by atoms with Crippen LogP contribution in [0.5, 0.6) is 0 Å². The number of halogens is 1. The van der Waals surface area contributed by atoms with Gasteiger partial charge in [0.15, 0.2) is 0 Å². The Morgan fingerprint density at radius 3 is 2.58 bits per heavy atom. The van der Waals surface area contributed by atoms with Crippen molar-refractivity contribution in [1.29, 1.82) is 5.26 Å². The van der Waals surface area contributed by atoms with E-state index in [1.807, 2.05) is 6.07 Å². The molecule has 5 nitrogen and oxygen atoms in total. The van der Waals surface area contributed by atoms with Gasteiger partial charge in [0.2, 0.25) is 0 Å². The van der Waals surface area contributed by atoms with Crippen LogP contribution in [0.15, 0.2) is 48.5 Å². The molecule has 0 fully saturated rings. The quantitative estimate of drug-likeness (QED) is 0.847. The lowest BCUT2D eigenvalue weighted by atomic mass is 10.0. The van der Waals surface area contributed by atoms with Crippen LogP contribution in [0.25, 0.3) is 0 Å². The Balaban J connectivity index is 2.16. The van der Waals surface area contributed by atoms with Crippen molar-refractivity contribution in [3.8, 4) is 6.07 Å². The molecular weight excluding hydrogens is 328 g/mol. The largest absolute Gasteiger partial charge is 0.467 e. The minimum Gasteiger partial charge on any atom is -0.467 e. The second kappa shape index (κ2) is 8.14. The minimum atomic E-state index is -0.855. The highest BCUT2D eigenvalue weighted by molar-refractivity contribution is 6.30. The summed E-state index contributed by atoms with van der Waals surface area (Å²) in [5, 5.41) is 12.1. The topological polar surface area (TPSA) is 79.2 Å². The van der Waals surface area contributed by atoms with Crippen molar-refractivity contribution in [1.82, 2.24) is 5.32 Å². The number of esters is 1. The van der Waals surface area contributed by atoms with Crippen LogP contribution in [-0.2, 0) is 16.0 Å². The number of methoxy groups -OCH3 is 1. The van der Waals surface area contributed by atoms with E-state index in [-0.39, 0.29) is 6.42 Å². The van der Waals surface area contributed by atoms with Crippen molar-refractivity contribution in [2.24, 2.45) is 0 Å². The van der Waals surface area contributed by atoms with Gasteiger partial charge >= 0.3 is 5.97 Å². The van der Waals surface area contributed by atoms with Gasteiger partial charge in [-0.3, -0.25) is 4.79 Å². The number of hydrogen-bond acceptors (Lipinski definition) is 4. The van der Waals surface area contributed by atoms with Gasteiger partial charge in [-0.2, -0.15) is 5.26 Å². The van der Waals surface area contributed by atoms with Crippen LogP contribution >= 0.6 is 11.6 Å². The summed E-state index contributed by atoms with van der Waals surface area (Å²) in [6, 6.07) is 14.4. The second-order valence-electron chi connectivity index (χ2n) is 5.07. The van der Waals surface area contributed by atoms with E-state index < -0.39 is 17.9 Å². The molecule has 1 N–H and O–H groups in total. The number of nitrogens with zero attached hydrogens (tertiary/aromatic N) is 1. The van der Waals surface area contributed by atoms with E-state index in [0.717, 1.165) is 5.56 Å². The Labute approximate surface area is 144 Å². The van der Waals surface area contributed by atoms with Gasteiger partial charge in [0.1, 0.15) is 6.04 Å². The molecule has 0 saturated carbocycles. The molecule has 0 spiro atoms. The monoisotopic (exact) mass is 342 g/mol. The SMILES string of the molecule is COC(=O)[C@H](Cc1cccc(C#N)c1)NC(=O)c1ccc(Cl)cc1. The predicted octanol–water partition coefficient (Wildman–Crippen LogP) is 2.73. The number of ether oxygens (including phenoxy) is 1. The molecule has 0 saturated heterocycles. The smallest absolute Gasteiger partial charge is 0.328 e. The first-order valence-corrected chi connectivity index (χ1v) is 7.54. The molecule has 0 bridgehead atoms. The number of hydrogen-bond donors (Lipinski definition) is 1. The molecule has 122 valence electrons. The molecule has 0 aromatic heterocycles. The zero-order valence-electron chi connectivity index (χ0n) is 13.0. The van der Waals surface area contributed by atoms with E-state index in [0.29, 0.717) is 16.1 Å². The maximum atomic E-state index is 12.3. The van der Waals surface area contributed by atoms with Crippen molar-refractivity contribution in [3.05, 3.63) is 70.2 Å². The number of rotatable bonds is 5. The molecule has 1 amide bonds. The molecule has 0 aliphatic carbocycles. The van der Waals surface area contributed by atoms with Crippen LogP contribution in [0.3, 0.4) is 0 Å². The molecule has 2 aromatic rings. The third-order valence-corrected chi connectivity index (χ3v) is 3.65. The predicted molar refractivity (Wildman–Crippen MR) is 89.6 cm³/mol.